The number of phosphoric ester groups is 2. The van der Waals surface area contributed by atoms with Crippen molar-refractivity contribution in [2.75, 3.05) is 65.9 Å². The van der Waals surface area contributed by atoms with E-state index in [0.29, 0.717) is 51.4 Å². The van der Waals surface area contributed by atoms with E-state index in [2.05, 4.69) is 62.8 Å². The second kappa shape index (κ2) is 77.5. The van der Waals surface area contributed by atoms with E-state index in [1.165, 1.54) is 116 Å². The predicted molar refractivity (Wildman–Crippen MR) is 442 cm³/mol. The number of Topliss-reactive ketones (excluding diaryl/α,β-unsaturated/α-hetero) is 2. The minimum absolute atomic E-state index is 0.142. The normalized spacial score (nSPS) is 13.7. The molecule has 0 rings (SSSR count). The van der Waals surface area contributed by atoms with Crippen molar-refractivity contribution in [3.8, 4) is 0 Å². The number of ether oxygens (including phenoxy) is 4. The number of ketones is 2. The molecule has 0 aromatic rings. The zero-order chi connectivity index (χ0) is 81.8. The topological polar surface area (TPSA) is 333 Å². The molecule has 4 unspecified atom stereocenters. The highest BCUT2D eigenvalue weighted by Crippen LogP contribution is 2.44. The Bertz CT molecular complexity index is 2240. The van der Waals surface area contributed by atoms with Crippen molar-refractivity contribution >= 4 is 62.8 Å². The summed E-state index contributed by atoms with van der Waals surface area (Å²) in [5.41, 5.74) is 0. The first-order valence-electron chi connectivity index (χ1n) is 44.6. The van der Waals surface area contributed by atoms with Crippen LogP contribution in [0.2, 0.25) is 0 Å². The number of hydrogen-bond donors (Lipinski definition) is 6. The van der Waals surface area contributed by atoms with E-state index < -0.39 is 97.0 Å². The van der Waals surface area contributed by atoms with E-state index in [1.54, 1.807) is 0 Å². The maximum absolute atomic E-state index is 13.3. The quantitative estimate of drug-likeness (QED) is 0.0143. The molecule has 0 aliphatic carbocycles. The maximum atomic E-state index is 13.3. The average Bonchev–Trinajstić information content (AvgIpc) is 0.906. The SMILES string of the molecule is CCCCCCCCCCCC(=O)CC(=O)NC(COCC[C@@H](CCCCCCC)OC(=O)CCCCCCCCCCC)COP(=O)(O)OCCNC(=O)CC(=O)NCCOP(=O)(O)OCC(COCC[C@@H](CCCCCCC)OC(=O)CCCCCCCCCCC)NC(=O)CC(=O)CCCCCCCCCCC. The van der Waals surface area contributed by atoms with Crippen LogP contribution in [0.15, 0.2) is 0 Å². The third-order valence-corrected chi connectivity index (χ3v) is 21.7. The Balaban J connectivity index is 5.63. The van der Waals surface area contributed by atoms with Gasteiger partial charge in [-0.1, -0.05) is 298 Å². The largest absolute Gasteiger partial charge is 0.472 e. The van der Waals surface area contributed by atoms with Crippen molar-refractivity contribution < 1.29 is 94.3 Å². The van der Waals surface area contributed by atoms with Gasteiger partial charge in [-0.15, -0.1) is 0 Å². The fourth-order valence-corrected chi connectivity index (χ4v) is 14.6. The number of esters is 2. The van der Waals surface area contributed by atoms with Crippen molar-refractivity contribution in [1.82, 2.24) is 21.3 Å². The van der Waals surface area contributed by atoms with Gasteiger partial charge >= 0.3 is 27.6 Å². The second-order valence-electron chi connectivity index (χ2n) is 30.7. The number of hydrogen-bond acceptors (Lipinski definition) is 18. The Morgan fingerprint density at radius 2 is 0.550 bits per heavy atom. The summed E-state index contributed by atoms with van der Waals surface area (Å²) in [5, 5.41) is 10.3. The highest BCUT2D eigenvalue weighted by molar-refractivity contribution is 7.47. The molecule has 0 bridgehead atoms. The standard InChI is InChI=1S/C85H162N4O20P2/c1-7-13-19-25-29-33-37-43-47-53-76(90)67-82(94)88-74(70-102-63-59-78(55-49-41-23-17-11-5)108-84(96)57-51-45-39-35-31-27-21-15-9-3)72-106-110(98,99)104-65-61-86-80(92)69-81(93)87-62-66-105-111(100,101)107-73-75(89-83(95)68-77(91)54-48-44-38-34-30-26-20-14-8-2)71-103-64-60-79(56-50-42-24-18-12-6)109-85(97)58-52-46-40-36-32-28-22-16-10-4/h74-75,78-79H,7-73H2,1-6H3,(H,86,92)(H,87,93)(H,88,94)(H,89,95)(H,98,99)(H,100,101)/t74?,75?,78-,79-/m1/s1. The lowest BCUT2D eigenvalue weighted by Gasteiger charge is -2.22. The summed E-state index contributed by atoms with van der Waals surface area (Å²) in [6, 6.07) is -1.99. The molecule has 0 saturated carbocycles. The zero-order valence-electron chi connectivity index (χ0n) is 70.8. The van der Waals surface area contributed by atoms with Crippen LogP contribution in [-0.4, -0.2) is 147 Å². The number of carbonyl (C=O) groups is 8. The number of amides is 4. The van der Waals surface area contributed by atoms with Crippen LogP contribution >= 0.6 is 15.6 Å². The van der Waals surface area contributed by atoms with Crippen LogP contribution in [0.3, 0.4) is 0 Å². The summed E-state index contributed by atoms with van der Waals surface area (Å²) < 4.78 is 71.1. The van der Waals surface area contributed by atoms with E-state index in [-0.39, 0.29) is 88.1 Å². The van der Waals surface area contributed by atoms with Crippen molar-refractivity contribution in [1.29, 1.82) is 0 Å². The number of phosphoric acid groups is 2. The molecule has 6 atom stereocenters. The lowest BCUT2D eigenvalue weighted by atomic mass is 10.0. The molecule has 0 aromatic carbocycles. The van der Waals surface area contributed by atoms with E-state index in [4.69, 9.17) is 37.0 Å². The van der Waals surface area contributed by atoms with Crippen LogP contribution < -0.4 is 21.3 Å². The third kappa shape index (κ3) is 74.8. The number of carbonyl (C=O) groups excluding carboxylic acids is 8. The van der Waals surface area contributed by atoms with Crippen LogP contribution in [0.1, 0.15) is 408 Å². The van der Waals surface area contributed by atoms with Gasteiger partial charge in [0, 0.05) is 51.6 Å². The van der Waals surface area contributed by atoms with Gasteiger partial charge in [-0.3, -0.25) is 56.5 Å². The van der Waals surface area contributed by atoms with Gasteiger partial charge in [0.25, 0.3) is 0 Å². The smallest absolute Gasteiger partial charge is 0.462 e. The Labute approximate surface area is 672 Å². The molecule has 26 heteroatoms. The molecule has 0 spiro atoms. The molecule has 0 fully saturated rings. The van der Waals surface area contributed by atoms with E-state index in [0.717, 1.165) is 167 Å². The van der Waals surface area contributed by atoms with E-state index in [1.807, 2.05) is 0 Å². The lowest BCUT2D eigenvalue weighted by Crippen LogP contribution is -2.42. The number of nitrogens with one attached hydrogen (secondary N) is 4. The minimum Gasteiger partial charge on any atom is -0.462 e. The summed E-state index contributed by atoms with van der Waals surface area (Å²) in [4.78, 5) is 125. The molecule has 111 heavy (non-hydrogen) atoms. The first-order chi connectivity index (χ1) is 53.7. The molecular weight excluding hydrogens is 1460 g/mol. The van der Waals surface area contributed by atoms with Gasteiger partial charge in [-0.05, 0) is 51.4 Å². The first kappa shape index (κ1) is 107. The van der Waals surface area contributed by atoms with Gasteiger partial charge in [0.15, 0.2) is 0 Å². The highest BCUT2D eigenvalue weighted by Gasteiger charge is 2.28. The molecule has 24 nitrogen and oxygen atoms in total. The predicted octanol–water partition coefficient (Wildman–Crippen LogP) is 19.8. The molecule has 6 N–H and O–H groups in total. The van der Waals surface area contributed by atoms with Crippen LogP contribution in [0.25, 0.3) is 0 Å². The van der Waals surface area contributed by atoms with Crippen molar-refractivity contribution in [3.63, 3.8) is 0 Å². The molecule has 0 radical (unpaired) electrons. The molecular formula is C85H162N4O20P2. The highest BCUT2D eigenvalue weighted by atomic mass is 31.2. The summed E-state index contributed by atoms with van der Waals surface area (Å²) in [7, 11) is -9.65. The Kier molecular flexibility index (Phi) is 74.9. The second-order valence-corrected chi connectivity index (χ2v) is 33.6. The first-order valence-corrected chi connectivity index (χ1v) is 47.6. The zero-order valence-corrected chi connectivity index (χ0v) is 72.6. The monoisotopic (exact) mass is 1620 g/mol. The number of rotatable bonds is 86. The van der Waals surface area contributed by atoms with Gasteiger partial charge in [-0.25, -0.2) is 9.13 Å². The molecule has 652 valence electrons. The summed E-state index contributed by atoms with van der Waals surface area (Å²) in [6.45, 7) is 10.2. The Morgan fingerprint density at radius 1 is 0.288 bits per heavy atom. The van der Waals surface area contributed by atoms with Gasteiger partial charge in [0.1, 0.15) is 30.2 Å². The van der Waals surface area contributed by atoms with Crippen LogP contribution in [-0.2, 0) is 84.5 Å². The third-order valence-electron chi connectivity index (χ3n) is 19.8. The average molecular weight is 1620 g/mol. The fourth-order valence-electron chi connectivity index (χ4n) is 13.0. The van der Waals surface area contributed by atoms with Gasteiger partial charge in [0.05, 0.1) is 77.8 Å². The van der Waals surface area contributed by atoms with Crippen LogP contribution in [0, 0.1) is 0 Å². The van der Waals surface area contributed by atoms with Crippen molar-refractivity contribution in [2.45, 2.75) is 432 Å². The van der Waals surface area contributed by atoms with Gasteiger partial charge < -0.3 is 50.0 Å². The molecule has 0 aromatic heterocycles. The van der Waals surface area contributed by atoms with Crippen LogP contribution in [0.5, 0.6) is 0 Å². The summed E-state index contributed by atoms with van der Waals surface area (Å²) in [5.74, 6) is -3.72. The van der Waals surface area contributed by atoms with Gasteiger partial charge in [0.2, 0.25) is 23.6 Å². The Hall–Kier alpha value is -3.70. The molecule has 0 saturated heterocycles. The van der Waals surface area contributed by atoms with Crippen molar-refractivity contribution in [3.05, 3.63) is 0 Å². The summed E-state index contributed by atoms with van der Waals surface area (Å²) in [6.07, 6.45) is 51.3. The fraction of sp³-hybridized carbons (Fsp3) is 0.906. The molecule has 0 heterocycles. The molecule has 4 amide bonds. The van der Waals surface area contributed by atoms with E-state index >= 15 is 0 Å². The van der Waals surface area contributed by atoms with Gasteiger partial charge in [-0.2, -0.15) is 0 Å². The Morgan fingerprint density at radius 3 is 0.838 bits per heavy atom. The number of unbranched alkanes of at least 4 members (excludes halogenated alkanes) is 40. The van der Waals surface area contributed by atoms with Crippen molar-refractivity contribution in [2.24, 2.45) is 0 Å². The van der Waals surface area contributed by atoms with Crippen LogP contribution in [0.4, 0.5) is 0 Å². The summed E-state index contributed by atoms with van der Waals surface area (Å²) >= 11 is 0. The minimum atomic E-state index is -4.82. The lowest BCUT2D eigenvalue weighted by molar-refractivity contribution is -0.151. The maximum Gasteiger partial charge on any atom is 0.472 e. The molecule has 0 aliphatic heterocycles. The molecule has 0 aliphatic rings. The van der Waals surface area contributed by atoms with E-state index in [9.17, 15) is 57.3 Å².